The second-order valence-electron chi connectivity index (χ2n) is 3.99. The summed E-state index contributed by atoms with van der Waals surface area (Å²) in [4.78, 5) is 2.39. The first-order valence-corrected chi connectivity index (χ1v) is 4.69. The van der Waals surface area contributed by atoms with Gasteiger partial charge in [-0.3, -0.25) is 4.90 Å². The molecule has 0 aliphatic carbocycles. The first kappa shape index (κ1) is 8.48. The van der Waals surface area contributed by atoms with Gasteiger partial charge in [-0.25, -0.2) is 0 Å². The number of rotatable bonds is 2. The first-order valence-electron chi connectivity index (χ1n) is 4.69. The molecule has 2 unspecified atom stereocenters. The van der Waals surface area contributed by atoms with E-state index >= 15 is 0 Å². The van der Waals surface area contributed by atoms with Gasteiger partial charge in [0.25, 0.3) is 0 Å². The van der Waals surface area contributed by atoms with Gasteiger partial charge >= 0.3 is 0 Å². The van der Waals surface area contributed by atoms with Gasteiger partial charge in [0.1, 0.15) is 0 Å². The van der Waals surface area contributed by atoms with Crippen LogP contribution in [-0.2, 0) is 4.74 Å². The molecule has 0 saturated carbocycles. The number of hydrogen-bond donors (Lipinski definition) is 1. The van der Waals surface area contributed by atoms with E-state index in [-0.39, 0.29) is 5.54 Å². The average Bonchev–Trinajstić information content (AvgIpc) is 2.58. The SMILES string of the molecule is COC1CN2CCCC2(CO)C1. The highest BCUT2D eigenvalue weighted by molar-refractivity contribution is 5.03. The van der Waals surface area contributed by atoms with Gasteiger partial charge in [-0.15, -0.1) is 0 Å². The molecule has 2 heterocycles. The van der Waals surface area contributed by atoms with E-state index in [9.17, 15) is 5.11 Å². The van der Waals surface area contributed by atoms with Crippen LogP contribution in [-0.4, -0.2) is 48.5 Å². The minimum absolute atomic E-state index is 0.0840. The van der Waals surface area contributed by atoms with Gasteiger partial charge < -0.3 is 9.84 Å². The maximum atomic E-state index is 9.34. The van der Waals surface area contributed by atoms with Crippen LogP contribution in [0.5, 0.6) is 0 Å². The van der Waals surface area contributed by atoms with Crippen molar-refractivity contribution in [3.63, 3.8) is 0 Å². The summed E-state index contributed by atoms with van der Waals surface area (Å²) in [7, 11) is 1.76. The van der Waals surface area contributed by atoms with Crippen LogP contribution >= 0.6 is 0 Å². The zero-order chi connectivity index (χ0) is 8.60. The molecule has 0 bridgehead atoms. The molecule has 3 nitrogen and oxygen atoms in total. The molecule has 1 N–H and O–H groups in total. The largest absolute Gasteiger partial charge is 0.394 e. The number of hydrogen-bond acceptors (Lipinski definition) is 3. The molecule has 0 aromatic heterocycles. The second kappa shape index (κ2) is 2.98. The molecular weight excluding hydrogens is 154 g/mol. The van der Waals surface area contributed by atoms with E-state index in [0.29, 0.717) is 12.7 Å². The summed E-state index contributed by atoms with van der Waals surface area (Å²) < 4.78 is 5.32. The Labute approximate surface area is 73.3 Å². The van der Waals surface area contributed by atoms with E-state index in [0.717, 1.165) is 25.9 Å². The quantitative estimate of drug-likeness (QED) is 0.645. The fraction of sp³-hybridized carbons (Fsp3) is 1.00. The maximum Gasteiger partial charge on any atom is 0.0716 e. The summed E-state index contributed by atoms with van der Waals surface area (Å²) in [6, 6.07) is 0. The van der Waals surface area contributed by atoms with Crippen molar-refractivity contribution in [1.29, 1.82) is 0 Å². The lowest BCUT2D eigenvalue weighted by molar-refractivity contribution is 0.0944. The van der Waals surface area contributed by atoms with Crippen molar-refractivity contribution in [3.8, 4) is 0 Å². The van der Waals surface area contributed by atoms with E-state index in [1.165, 1.54) is 6.42 Å². The molecule has 0 amide bonds. The Bertz CT molecular complexity index is 174. The predicted molar refractivity (Wildman–Crippen MR) is 46.0 cm³/mol. The van der Waals surface area contributed by atoms with Crippen molar-refractivity contribution in [1.82, 2.24) is 4.90 Å². The van der Waals surface area contributed by atoms with Gasteiger partial charge in [0.05, 0.1) is 12.7 Å². The topological polar surface area (TPSA) is 32.7 Å². The number of methoxy groups -OCH3 is 1. The van der Waals surface area contributed by atoms with Crippen LogP contribution in [0, 0.1) is 0 Å². The van der Waals surface area contributed by atoms with Crippen LogP contribution in [0.4, 0.5) is 0 Å². The zero-order valence-corrected chi connectivity index (χ0v) is 7.62. The summed E-state index contributed by atoms with van der Waals surface area (Å²) in [6.45, 7) is 2.45. The van der Waals surface area contributed by atoms with Crippen molar-refractivity contribution >= 4 is 0 Å². The third-order valence-corrected chi connectivity index (χ3v) is 3.40. The molecule has 2 fully saturated rings. The van der Waals surface area contributed by atoms with Gasteiger partial charge in [-0.2, -0.15) is 0 Å². The van der Waals surface area contributed by atoms with E-state index in [1.54, 1.807) is 7.11 Å². The lowest BCUT2D eigenvalue weighted by Crippen LogP contribution is -2.41. The van der Waals surface area contributed by atoms with Crippen LogP contribution < -0.4 is 0 Å². The monoisotopic (exact) mass is 171 g/mol. The van der Waals surface area contributed by atoms with Crippen LogP contribution in [0.3, 0.4) is 0 Å². The zero-order valence-electron chi connectivity index (χ0n) is 7.62. The summed E-state index contributed by atoms with van der Waals surface area (Å²) >= 11 is 0. The molecule has 2 aliphatic rings. The number of nitrogens with zero attached hydrogens (tertiary/aromatic N) is 1. The van der Waals surface area contributed by atoms with Crippen molar-refractivity contribution in [2.45, 2.75) is 30.9 Å². The van der Waals surface area contributed by atoms with Crippen LogP contribution in [0.1, 0.15) is 19.3 Å². The van der Waals surface area contributed by atoms with Crippen LogP contribution in [0.25, 0.3) is 0 Å². The molecule has 0 aromatic rings. The van der Waals surface area contributed by atoms with Crippen LogP contribution in [0.15, 0.2) is 0 Å². The Kier molecular flexibility index (Phi) is 2.10. The molecule has 0 spiro atoms. The third-order valence-electron chi connectivity index (χ3n) is 3.40. The number of ether oxygens (including phenoxy) is 1. The van der Waals surface area contributed by atoms with Crippen molar-refractivity contribution < 1.29 is 9.84 Å². The first-order chi connectivity index (χ1) is 5.80. The van der Waals surface area contributed by atoms with Gasteiger partial charge in [0, 0.05) is 19.2 Å². The minimum atomic E-state index is 0.0840. The Morgan fingerprint density at radius 2 is 2.50 bits per heavy atom. The Morgan fingerprint density at radius 1 is 1.67 bits per heavy atom. The van der Waals surface area contributed by atoms with E-state index in [4.69, 9.17) is 4.74 Å². The molecule has 0 aromatic carbocycles. The lowest BCUT2D eigenvalue weighted by Gasteiger charge is -2.28. The molecular formula is C9H17NO2. The molecule has 0 radical (unpaired) electrons. The molecule has 3 heteroatoms. The van der Waals surface area contributed by atoms with Crippen molar-refractivity contribution in [3.05, 3.63) is 0 Å². The van der Waals surface area contributed by atoms with Crippen LogP contribution in [0.2, 0.25) is 0 Å². The lowest BCUT2D eigenvalue weighted by atomic mass is 9.94. The Balaban J connectivity index is 2.09. The summed E-state index contributed by atoms with van der Waals surface area (Å²) in [6.07, 6.45) is 3.73. The highest BCUT2D eigenvalue weighted by Gasteiger charge is 2.47. The highest BCUT2D eigenvalue weighted by atomic mass is 16.5. The number of aliphatic hydroxyl groups is 1. The maximum absolute atomic E-state index is 9.34. The van der Waals surface area contributed by atoms with Gasteiger partial charge in [-0.05, 0) is 25.8 Å². The smallest absolute Gasteiger partial charge is 0.0716 e. The van der Waals surface area contributed by atoms with Crippen molar-refractivity contribution in [2.24, 2.45) is 0 Å². The Morgan fingerprint density at radius 3 is 3.08 bits per heavy atom. The molecule has 2 rings (SSSR count). The average molecular weight is 171 g/mol. The highest BCUT2D eigenvalue weighted by Crippen LogP contribution is 2.39. The summed E-state index contributed by atoms with van der Waals surface area (Å²) in [5.41, 5.74) is 0.0840. The molecule has 12 heavy (non-hydrogen) atoms. The van der Waals surface area contributed by atoms with E-state index < -0.39 is 0 Å². The van der Waals surface area contributed by atoms with Gasteiger partial charge in [-0.1, -0.05) is 0 Å². The van der Waals surface area contributed by atoms with E-state index in [2.05, 4.69) is 4.90 Å². The third kappa shape index (κ3) is 1.08. The molecule has 2 atom stereocenters. The summed E-state index contributed by atoms with van der Waals surface area (Å²) in [5, 5.41) is 9.34. The van der Waals surface area contributed by atoms with E-state index in [1.807, 2.05) is 0 Å². The standard InChI is InChI=1S/C9H17NO2/c1-12-8-5-9(7-11)3-2-4-10(9)6-8/h8,11H,2-7H2,1H3. The van der Waals surface area contributed by atoms with Gasteiger partial charge in [0.15, 0.2) is 0 Å². The van der Waals surface area contributed by atoms with Crippen molar-refractivity contribution in [2.75, 3.05) is 26.8 Å². The van der Waals surface area contributed by atoms with Gasteiger partial charge in [0.2, 0.25) is 0 Å². The molecule has 70 valence electrons. The fourth-order valence-electron chi connectivity index (χ4n) is 2.65. The Hall–Kier alpha value is -0.120. The molecule has 2 aliphatic heterocycles. The fourth-order valence-corrected chi connectivity index (χ4v) is 2.65. The molecule has 2 saturated heterocycles. The predicted octanol–water partition coefficient (Wildman–Crippen LogP) is 0.232. The second-order valence-corrected chi connectivity index (χ2v) is 3.99. The minimum Gasteiger partial charge on any atom is -0.394 e. The normalized spacial score (nSPS) is 42.0. The number of fused-ring (bicyclic) bond motifs is 1. The summed E-state index contributed by atoms with van der Waals surface area (Å²) in [5.74, 6) is 0. The number of aliphatic hydroxyl groups excluding tert-OH is 1.